The van der Waals surface area contributed by atoms with Crippen LogP contribution in [0.25, 0.3) is 0 Å². The number of fused-ring (bicyclic) bond motifs is 4. The van der Waals surface area contributed by atoms with Crippen molar-refractivity contribution < 1.29 is 9.59 Å². The van der Waals surface area contributed by atoms with E-state index in [1.807, 2.05) is 83.4 Å². The molecule has 1 aromatic heterocycles. The van der Waals surface area contributed by atoms with Gasteiger partial charge in [-0.05, 0) is 66.3 Å². The molecule has 8 nitrogen and oxygen atoms in total. The van der Waals surface area contributed by atoms with Crippen LogP contribution in [-0.2, 0) is 19.5 Å². The topological polar surface area (TPSA) is 95.5 Å². The van der Waals surface area contributed by atoms with Crippen molar-refractivity contribution in [2.45, 2.75) is 38.8 Å². The highest BCUT2D eigenvalue weighted by atomic mass is 16.2. The van der Waals surface area contributed by atoms with Crippen LogP contribution < -0.4 is 26.4 Å². The number of amides is 3. The van der Waals surface area contributed by atoms with Crippen LogP contribution in [0.3, 0.4) is 0 Å². The first-order chi connectivity index (χ1) is 20.5. The van der Waals surface area contributed by atoms with E-state index in [1.54, 1.807) is 12.1 Å². The first-order valence-electron chi connectivity index (χ1n) is 14.5. The number of hydrogen-bond donors (Lipinski definition) is 3. The highest BCUT2D eigenvalue weighted by Crippen LogP contribution is 2.39. The van der Waals surface area contributed by atoms with Gasteiger partial charge in [-0.1, -0.05) is 55.5 Å². The number of benzene rings is 3. The van der Waals surface area contributed by atoms with Gasteiger partial charge in [-0.25, -0.2) is 4.79 Å². The fourth-order valence-corrected chi connectivity index (χ4v) is 6.14. The summed E-state index contributed by atoms with van der Waals surface area (Å²) in [5.41, 5.74) is 5.88. The van der Waals surface area contributed by atoms with E-state index in [9.17, 15) is 14.4 Å². The average Bonchev–Trinajstić information content (AvgIpc) is 3.01. The lowest BCUT2D eigenvalue weighted by Crippen LogP contribution is -2.47. The molecule has 0 aliphatic carbocycles. The minimum atomic E-state index is -0.378. The Morgan fingerprint density at radius 2 is 1.64 bits per heavy atom. The summed E-state index contributed by atoms with van der Waals surface area (Å²) in [6.07, 6.45) is 1.95. The fraction of sp³-hybridized carbons (Fsp3) is 0.265. The normalized spacial score (nSPS) is 17.2. The predicted octanol–water partition coefficient (Wildman–Crippen LogP) is 5.61. The molecule has 0 saturated carbocycles. The zero-order valence-electron chi connectivity index (χ0n) is 23.7. The lowest BCUT2D eigenvalue weighted by molar-refractivity contribution is 0.0951. The van der Waals surface area contributed by atoms with Crippen LogP contribution in [0.4, 0.5) is 21.9 Å². The molecule has 3 N–H and O–H groups in total. The van der Waals surface area contributed by atoms with Crippen LogP contribution in [0.15, 0.2) is 95.8 Å². The number of pyridine rings is 1. The second-order valence-electron chi connectivity index (χ2n) is 11.1. The Morgan fingerprint density at radius 1 is 0.833 bits per heavy atom. The number of aryl methyl sites for hydroxylation is 1. The third kappa shape index (κ3) is 5.93. The van der Waals surface area contributed by atoms with Crippen LogP contribution in [0.1, 0.15) is 46.4 Å². The Kier molecular flexibility index (Phi) is 7.77. The predicted molar refractivity (Wildman–Crippen MR) is 166 cm³/mol. The number of carbonyl (C=O) groups is 2. The summed E-state index contributed by atoms with van der Waals surface area (Å²) in [5.74, 6) is 0.302. The molecule has 6 rings (SSSR count). The van der Waals surface area contributed by atoms with Gasteiger partial charge < -0.3 is 25.4 Å². The van der Waals surface area contributed by atoms with Crippen molar-refractivity contribution in [2.75, 3.05) is 28.6 Å². The van der Waals surface area contributed by atoms with Crippen LogP contribution in [0, 0.1) is 5.92 Å². The Morgan fingerprint density at radius 3 is 2.43 bits per heavy atom. The Labute approximate surface area is 245 Å². The smallest absolute Gasteiger partial charge is 0.323 e. The molecule has 4 aromatic rings. The van der Waals surface area contributed by atoms with Crippen LogP contribution in [0.5, 0.6) is 0 Å². The largest absolute Gasteiger partial charge is 0.369 e. The molecule has 3 heterocycles. The van der Waals surface area contributed by atoms with Gasteiger partial charge in [0.25, 0.3) is 11.5 Å². The number of anilines is 3. The van der Waals surface area contributed by atoms with Crippen LogP contribution >= 0.6 is 0 Å². The fourth-order valence-electron chi connectivity index (χ4n) is 6.14. The van der Waals surface area contributed by atoms with Gasteiger partial charge in [-0.2, -0.15) is 0 Å². The quantitative estimate of drug-likeness (QED) is 0.273. The molecule has 2 aliphatic heterocycles. The van der Waals surface area contributed by atoms with Crippen molar-refractivity contribution in [3.8, 4) is 0 Å². The number of nitrogens with zero attached hydrogens (tertiary/aromatic N) is 2. The molecule has 8 heteroatoms. The van der Waals surface area contributed by atoms with Gasteiger partial charge in [0, 0.05) is 55.1 Å². The summed E-state index contributed by atoms with van der Waals surface area (Å²) >= 11 is 0. The van der Waals surface area contributed by atoms with Crippen molar-refractivity contribution in [3.05, 3.63) is 124 Å². The first kappa shape index (κ1) is 27.3. The van der Waals surface area contributed by atoms with Crippen molar-refractivity contribution in [3.63, 3.8) is 0 Å². The summed E-state index contributed by atoms with van der Waals surface area (Å²) in [4.78, 5) is 41.1. The highest BCUT2D eigenvalue weighted by molar-refractivity contribution is 6.04. The molecule has 0 spiro atoms. The Hall–Kier alpha value is -4.85. The van der Waals surface area contributed by atoms with Crippen LogP contribution in [0.2, 0.25) is 0 Å². The van der Waals surface area contributed by atoms with E-state index in [0.717, 1.165) is 36.3 Å². The molecule has 214 valence electrons. The Bertz CT molecular complexity index is 1650. The minimum Gasteiger partial charge on any atom is -0.369 e. The molecule has 3 amide bonds. The molecule has 2 aliphatic rings. The van der Waals surface area contributed by atoms with Gasteiger partial charge in [-0.15, -0.1) is 0 Å². The summed E-state index contributed by atoms with van der Waals surface area (Å²) < 4.78 is 1.91. The lowest BCUT2D eigenvalue weighted by Gasteiger charge is -2.44. The van der Waals surface area contributed by atoms with Gasteiger partial charge in [-0.3, -0.25) is 9.59 Å². The summed E-state index contributed by atoms with van der Waals surface area (Å²) in [5, 5.41) is 8.92. The summed E-state index contributed by atoms with van der Waals surface area (Å²) in [6.45, 7) is 4.65. The molecule has 2 bridgehead atoms. The maximum absolute atomic E-state index is 13.2. The molecule has 1 fully saturated rings. The van der Waals surface area contributed by atoms with Crippen molar-refractivity contribution in [1.29, 1.82) is 0 Å². The van der Waals surface area contributed by atoms with Gasteiger partial charge >= 0.3 is 6.03 Å². The number of aromatic nitrogens is 1. The van der Waals surface area contributed by atoms with Crippen molar-refractivity contribution >= 4 is 29.0 Å². The molecule has 3 aromatic carbocycles. The molecule has 2 atom stereocenters. The summed E-state index contributed by atoms with van der Waals surface area (Å²) in [6, 6.07) is 28.1. The van der Waals surface area contributed by atoms with Gasteiger partial charge in [0.1, 0.15) is 0 Å². The number of urea groups is 1. The van der Waals surface area contributed by atoms with E-state index in [-0.39, 0.29) is 23.4 Å². The second-order valence-corrected chi connectivity index (χ2v) is 11.1. The number of nitrogens with one attached hydrogen (secondary N) is 3. The number of piperidine rings is 1. The van der Waals surface area contributed by atoms with Crippen molar-refractivity contribution in [1.82, 2.24) is 9.88 Å². The molecular formula is C34H35N5O3. The van der Waals surface area contributed by atoms with E-state index < -0.39 is 0 Å². The highest BCUT2D eigenvalue weighted by Gasteiger charge is 2.35. The zero-order valence-corrected chi connectivity index (χ0v) is 23.7. The zero-order chi connectivity index (χ0) is 29.1. The molecule has 2 unspecified atom stereocenters. The first-order valence-corrected chi connectivity index (χ1v) is 14.5. The number of carbonyl (C=O) groups excluding carboxylic acids is 2. The van der Waals surface area contributed by atoms with Gasteiger partial charge in [0.05, 0.1) is 11.4 Å². The third-order valence-corrected chi connectivity index (χ3v) is 8.24. The monoisotopic (exact) mass is 561 g/mol. The van der Waals surface area contributed by atoms with Gasteiger partial charge in [0.2, 0.25) is 0 Å². The molecule has 0 radical (unpaired) electrons. The third-order valence-electron chi connectivity index (χ3n) is 8.24. The molecule has 1 saturated heterocycles. The van der Waals surface area contributed by atoms with Crippen LogP contribution in [-0.4, -0.2) is 29.6 Å². The van der Waals surface area contributed by atoms with E-state index in [0.29, 0.717) is 42.5 Å². The van der Waals surface area contributed by atoms with E-state index in [2.05, 4.69) is 27.8 Å². The van der Waals surface area contributed by atoms with E-state index in [4.69, 9.17) is 0 Å². The van der Waals surface area contributed by atoms with Gasteiger partial charge in [0.15, 0.2) is 0 Å². The lowest BCUT2D eigenvalue weighted by atomic mass is 9.83. The maximum atomic E-state index is 13.2. The second kappa shape index (κ2) is 11.9. The summed E-state index contributed by atoms with van der Waals surface area (Å²) in [7, 11) is 0. The average molecular weight is 562 g/mol. The maximum Gasteiger partial charge on any atom is 0.323 e. The van der Waals surface area contributed by atoms with Crippen molar-refractivity contribution in [2.24, 2.45) is 5.92 Å². The van der Waals surface area contributed by atoms with E-state index in [1.165, 1.54) is 5.56 Å². The number of hydrogen-bond acceptors (Lipinski definition) is 4. The number of rotatable bonds is 7. The SMILES string of the molecule is CCc1ccc(NC(=O)Nc2cc(C(=O)NCc3ccccc3)ccc2N2CC3CC(C2)c2cccc(=O)n2C3)cc1. The Balaban J connectivity index is 1.26. The molecular weight excluding hydrogens is 526 g/mol. The minimum absolute atomic E-state index is 0.0486. The molecule has 42 heavy (non-hydrogen) atoms. The standard InChI is InChI=1S/C34H35N5O3/c1-2-23-11-14-28(15-12-23)36-34(42)37-29-18-26(33(41)35-19-24-7-4-3-5-8-24)13-16-31(29)38-20-25-17-27(22-38)30-9-6-10-32(40)39(30)21-25/h3-16,18,25,27H,2,17,19-22H2,1H3,(H,35,41)(H2,36,37,42). The van der Waals surface area contributed by atoms with E-state index >= 15 is 0 Å².